The number of fused-ring (bicyclic) bond motifs is 1. The first kappa shape index (κ1) is 11.8. The summed E-state index contributed by atoms with van der Waals surface area (Å²) >= 11 is 0. The number of amides is 1. The van der Waals surface area contributed by atoms with Gasteiger partial charge in [-0.15, -0.1) is 0 Å². The van der Waals surface area contributed by atoms with Crippen LogP contribution in [0.3, 0.4) is 0 Å². The predicted molar refractivity (Wildman–Crippen MR) is 68.7 cm³/mol. The molecule has 3 nitrogen and oxygen atoms in total. The topological polar surface area (TPSA) is 46.1 Å². The molecule has 0 saturated carbocycles. The van der Waals surface area contributed by atoms with Gasteiger partial charge < -0.3 is 5.73 Å². The van der Waals surface area contributed by atoms with Crippen molar-refractivity contribution in [3.8, 4) is 0 Å². The quantitative estimate of drug-likeness (QED) is 0.777. The number of rotatable bonds is 2. The third-order valence-electron chi connectivity index (χ3n) is 3.90. The van der Waals surface area contributed by atoms with Gasteiger partial charge in [-0.1, -0.05) is 18.2 Å². The minimum Gasteiger partial charge on any atom is -0.364 e. The molecule has 1 aliphatic rings. The maximum atomic E-state index is 11.4. The van der Waals surface area contributed by atoms with Gasteiger partial charge >= 0.3 is 0 Å². The van der Waals surface area contributed by atoms with Crippen molar-refractivity contribution in [2.24, 2.45) is 5.73 Å². The molecular weight excluding hydrogens is 212 g/mol. The summed E-state index contributed by atoms with van der Waals surface area (Å²) in [5.41, 5.74) is 8.91. The Labute approximate surface area is 102 Å². The Kier molecular flexibility index (Phi) is 2.57. The van der Waals surface area contributed by atoms with E-state index >= 15 is 0 Å². The standard InChI is InChI=1S/C14H18N2O/c1-9(13(15)17)16-10(2)14(3,4)11-7-5-6-8-12(11)16/h5-9H,1-4H3,(H-,15,17)/p+1. The normalized spacial score (nSPS) is 19.1. The van der Waals surface area contributed by atoms with Gasteiger partial charge in [-0.25, -0.2) is 0 Å². The van der Waals surface area contributed by atoms with Crippen molar-refractivity contribution in [3.63, 3.8) is 0 Å². The van der Waals surface area contributed by atoms with Gasteiger partial charge in [0.1, 0.15) is 0 Å². The highest BCUT2D eigenvalue weighted by atomic mass is 16.1. The number of nitrogens with zero attached hydrogens (tertiary/aromatic N) is 1. The Balaban J connectivity index is 2.66. The number of nitrogens with two attached hydrogens (primary N) is 1. The monoisotopic (exact) mass is 231 g/mol. The van der Waals surface area contributed by atoms with Crippen molar-refractivity contribution < 1.29 is 9.37 Å². The molecule has 0 aromatic heterocycles. The molecule has 3 heteroatoms. The zero-order chi connectivity index (χ0) is 12.8. The Bertz CT molecular complexity index is 515. The maximum Gasteiger partial charge on any atom is 0.286 e. The highest BCUT2D eigenvalue weighted by Crippen LogP contribution is 2.39. The van der Waals surface area contributed by atoms with Crippen LogP contribution in [0.5, 0.6) is 0 Å². The number of para-hydroxylation sites is 1. The molecule has 1 amide bonds. The molecule has 1 aliphatic heterocycles. The smallest absolute Gasteiger partial charge is 0.286 e. The summed E-state index contributed by atoms with van der Waals surface area (Å²) in [6.07, 6.45) is 0. The number of carbonyl (C=O) groups excluding carboxylic acids is 1. The average Bonchev–Trinajstić information content (AvgIpc) is 2.48. The molecule has 2 rings (SSSR count). The third kappa shape index (κ3) is 1.57. The van der Waals surface area contributed by atoms with E-state index in [0.29, 0.717) is 0 Å². The SMILES string of the molecule is CC1=[N+](C(C)C(N)=O)c2ccccc2C1(C)C. The number of primary amides is 1. The van der Waals surface area contributed by atoms with Crippen molar-refractivity contribution in [3.05, 3.63) is 29.8 Å². The van der Waals surface area contributed by atoms with Gasteiger partial charge in [-0.2, -0.15) is 4.58 Å². The zero-order valence-electron chi connectivity index (χ0n) is 10.8. The first-order valence-corrected chi connectivity index (χ1v) is 5.89. The summed E-state index contributed by atoms with van der Waals surface area (Å²) in [4.78, 5) is 11.4. The van der Waals surface area contributed by atoms with Crippen LogP contribution in [0.15, 0.2) is 24.3 Å². The highest BCUT2D eigenvalue weighted by molar-refractivity contribution is 5.94. The van der Waals surface area contributed by atoms with Gasteiger partial charge in [-0.05, 0) is 13.8 Å². The van der Waals surface area contributed by atoms with Gasteiger partial charge in [0.15, 0.2) is 5.71 Å². The highest BCUT2D eigenvalue weighted by Gasteiger charge is 2.45. The largest absolute Gasteiger partial charge is 0.364 e. The lowest BCUT2D eigenvalue weighted by Gasteiger charge is -2.14. The van der Waals surface area contributed by atoms with Crippen LogP contribution in [0.2, 0.25) is 0 Å². The van der Waals surface area contributed by atoms with Gasteiger partial charge in [-0.3, -0.25) is 4.79 Å². The van der Waals surface area contributed by atoms with Crippen LogP contribution < -0.4 is 5.73 Å². The van der Waals surface area contributed by atoms with Crippen molar-refractivity contribution in [1.82, 2.24) is 0 Å². The van der Waals surface area contributed by atoms with E-state index in [1.807, 2.05) is 25.1 Å². The van der Waals surface area contributed by atoms with E-state index in [9.17, 15) is 4.79 Å². The predicted octanol–water partition coefficient (Wildman–Crippen LogP) is 1.96. The maximum absolute atomic E-state index is 11.4. The molecule has 1 aromatic rings. The fraction of sp³-hybridized carbons (Fsp3) is 0.429. The van der Waals surface area contributed by atoms with Crippen molar-refractivity contribution >= 4 is 17.3 Å². The molecular formula is C14H19N2O+. The van der Waals surface area contributed by atoms with E-state index in [1.165, 1.54) is 11.3 Å². The van der Waals surface area contributed by atoms with Crippen LogP contribution in [0.1, 0.15) is 33.3 Å². The van der Waals surface area contributed by atoms with E-state index < -0.39 is 0 Å². The van der Waals surface area contributed by atoms with E-state index in [-0.39, 0.29) is 17.4 Å². The Hall–Kier alpha value is -1.64. The minimum absolute atomic E-state index is 0.0414. The molecule has 17 heavy (non-hydrogen) atoms. The molecule has 0 aliphatic carbocycles. The van der Waals surface area contributed by atoms with Crippen molar-refractivity contribution in [1.29, 1.82) is 0 Å². The molecule has 90 valence electrons. The Morgan fingerprint density at radius 3 is 2.53 bits per heavy atom. The van der Waals surface area contributed by atoms with Gasteiger partial charge in [0.05, 0.1) is 5.41 Å². The molecule has 0 bridgehead atoms. The lowest BCUT2D eigenvalue weighted by Crippen LogP contribution is -2.37. The van der Waals surface area contributed by atoms with Crippen molar-refractivity contribution in [2.75, 3.05) is 0 Å². The number of benzene rings is 1. The van der Waals surface area contributed by atoms with Crippen molar-refractivity contribution in [2.45, 2.75) is 39.2 Å². The van der Waals surface area contributed by atoms with Crippen LogP contribution >= 0.6 is 0 Å². The van der Waals surface area contributed by atoms with E-state index in [0.717, 1.165) is 5.69 Å². The third-order valence-corrected chi connectivity index (χ3v) is 3.90. The fourth-order valence-electron chi connectivity index (χ4n) is 2.52. The van der Waals surface area contributed by atoms with Crippen LogP contribution in [0, 0.1) is 0 Å². The summed E-state index contributed by atoms with van der Waals surface area (Å²) in [6.45, 7) is 8.27. The summed E-state index contributed by atoms with van der Waals surface area (Å²) < 4.78 is 2.05. The molecule has 0 fully saturated rings. The first-order chi connectivity index (χ1) is 7.87. The minimum atomic E-state index is -0.307. The summed E-state index contributed by atoms with van der Waals surface area (Å²) in [7, 11) is 0. The van der Waals surface area contributed by atoms with Gasteiger partial charge in [0.25, 0.3) is 5.91 Å². The lowest BCUT2D eigenvalue weighted by molar-refractivity contribution is -0.463. The molecule has 1 aromatic carbocycles. The second-order valence-corrected chi connectivity index (χ2v) is 5.18. The Morgan fingerprint density at radius 1 is 1.35 bits per heavy atom. The van der Waals surface area contributed by atoms with E-state index in [2.05, 4.69) is 31.4 Å². The molecule has 1 atom stereocenters. The number of carbonyl (C=O) groups is 1. The van der Waals surface area contributed by atoms with E-state index in [1.54, 1.807) is 0 Å². The van der Waals surface area contributed by atoms with Gasteiger partial charge in [0.2, 0.25) is 11.7 Å². The average molecular weight is 231 g/mol. The fourth-order valence-corrected chi connectivity index (χ4v) is 2.52. The molecule has 0 spiro atoms. The second-order valence-electron chi connectivity index (χ2n) is 5.18. The van der Waals surface area contributed by atoms with Crippen LogP contribution in [0.25, 0.3) is 0 Å². The van der Waals surface area contributed by atoms with Crippen LogP contribution in [-0.2, 0) is 10.2 Å². The number of hydrogen-bond acceptors (Lipinski definition) is 1. The molecule has 1 heterocycles. The van der Waals surface area contributed by atoms with Gasteiger partial charge in [0, 0.05) is 25.5 Å². The van der Waals surface area contributed by atoms with E-state index in [4.69, 9.17) is 5.73 Å². The molecule has 0 saturated heterocycles. The summed E-state index contributed by atoms with van der Waals surface area (Å²) in [6, 6.07) is 7.89. The summed E-state index contributed by atoms with van der Waals surface area (Å²) in [5.74, 6) is -0.295. The molecule has 2 N–H and O–H groups in total. The molecule has 1 unspecified atom stereocenters. The van der Waals surface area contributed by atoms with Crippen LogP contribution in [-0.4, -0.2) is 22.2 Å². The second kappa shape index (κ2) is 3.69. The van der Waals surface area contributed by atoms with Crippen LogP contribution in [0.4, 0.5) is 5.69 Å². The number of hydrogen-bond donors (Lipinski definition) is 1. The Morgan fingerprint density at radius 2 is 1.94 bits per heavy atom. The molecule has 0 radical (unpaired) electrons. The zero-order valence-corrected chi connectivity index (χ0v) is 10.8. The summed E-state index contributed by atoms with van der Waals surface area (Å²) in [5, 5.41) is 0. The first-order valence-electron chi connectivity index (χ1n) is 5.89. The lowest BCUT2D eigenvalue weighted by atomic mass is 9.82.